The van der Waals surface area contributed by atoms with E-state index in [1.165, 1.54) is 0 Å². The normalized spacial score (nSPS) is 12.3. The minimum absolute atomic E-state index is 0.0167. The molecule has 1 heterocycles. The predicted octanol–water partition coefficient (Wildman–Crippen LogP) is 3.50. The minimum Gasteiger partial charge on any atom is -0.481 e. The Labute approximate surface area is 385 Å². The summed E-state index contributed by atoms with van der Waals surface area (Å²) in [7, 11) is 4.04. The molecule has 0 spiro atoms. The maximum Gasteiger partial charge on any atom is 0.326 e. The number of benzene rings is 1. The Bertz CT molecular complexity index is 1860. The molecule has 4 amide bonds. The number of hydrogen-bond donors (Lipinski definition) is 10. The van der Waals surface area contributed by atoms with E-state index in [0.717, 1.165) is 29.8 Å². The largest absolute Gasteiger partial charge is 0.481 e. The van der Waals surface area contributed by atoms with Gasteiger partial charge in [0.05, 0.1) is 0 Å². The molecule has 0 saturated heterocycles. The topological polar surface area (TPSA) is 280 Å². The van der Waals surface area contributed by atoms with Crippen molar-refractivity contribution in [2.24, 2.45) is 0 Å². The highest BCUT2D eigenvalue weighted by molar-refractivity contribution is 7.80. The molecular formula is C45H67N8O11S+. The number of aliphatic carboxylic acids is 4. The van der Waals surface area contributed by atoms with Gasteiger partial charge in [-0.05, 0) is 93.3 Å². The zero-order chi connectivity index (χ0) is 48.0. The number of urea groups is 1. The Kier molecular flexibility index (Phi) is 26.6. The van der Waals surface area contributed by atoms with Gasteiger partial charge < -0.3 is 57.2 Å². The van der Waals surface area contributed by atoms with E-state index in [-0.39, 0.29) is 50.5 Å². The van der Waals surface area contributed by atoms with E-state index in [1.54, 1.807) is 0 Å². The van der Waals surface area contributed by atoms with Crippen molar-refractivity contribution in [3.63, 3.8) is 0 Å². The van der Waals surface area contributed by atoms with E-state index in [9.17, 15) is 43.8 Å². The zero-order valence-electron chi connectivity index (χ0n) is 37.4. The molecule has 0 saturated carbocycles. The van der Waals surface area contributed by atoms with Crippen LogP contribution in [0.25, 0.3) is 12.2 Å². The fraction of sp³-hybridized carbons (Fsp3) is 0.533. The molecule has 20 heteroatoms. The quantitative estimate of drug-likeness (QED) is 0.0279. The van der Waals surface area contributed by atoms with Crippen LogP contribution in [0, 0.1) is 0 Å². The number of nitrogens with zero attached hydrogens (tertiary/aromatic N) is 2. The van der Waals surface area contributed by atoms with Gasteiger partial charge in [-0.3, -0.25) is 14.4 Å². The lowest BCUT2D eigenvalue weighted by Crippen LogP contribution is -2.51. The molecule has 0 radical (unpaired) electrons. The number of carbonyl (C=O) groups excluding carboxylic acids is 3. The van der Waals surface area contributed by atoms with Gasteiger partial charge in [0.1, 0.15) is 24.7 Å². The van der Waals surface area contributed by atoms with Crippen LogP contribution < -0.4 is 41.4 Å². The number of hydrogen-bond acceptors (Lipinski definition) is 9. The molecule has 3 unspecified atom stereocenters. The molecule has 1 aromatic carbocycles. The highest BCUT2D eigenvalue weighted by Gasteiger charge is 2.25. The molecule has 10 N–H and O–H groups in total. The number of carboxylic acids is 4. The molecule has 2 aromatic rings. The van der Waals surface area contributed by atoms with Crippen LogP contribution in [0.1, 0.15) is 107 Å². The number of anilines is 1. The Morgan fingerprint density at radius 3 is 1.57 bits per heavy atom. The van der Waals surface area contributed by atoms with Crippen molar-refractivity contribution in [2.75, 3.05) is 38.6 Å². The van der Waals surface area contributed by atoms with Gasteiger partial charge in [0, 0.05) is 77.2 Å². The Morgan fingerprint density at radius 1 is 0.569 bits per heavy atom. The third-order valence-electron chi connectivity index (χ3n) is 10.2. The Morgan fingerprint density at radius 2 is 1.05 bits per heavy atom. The molecule has 65 heavy (non-hydrogen) atoms. The molecule has 0 bridgehead atoms. The summed E-state index contributed by atoms with van der Waals surface area (Å²) in [6.45, 7) is 2.37. The number of carboxylic acid groups (broad SMARTS) is 4. The van der Waals surface area contributed by atoms with E-state index < -0.39 is 54.5 Å². The first-order chi connectivity index (χ1) is 31.0. The van der Waals surface area contributed by atoms with Gasteiger partial charge in [0.15, 0.2) is 17.5 Å². The molecule has 19 nitrogen and oxygen atoms in total. The molecule has 0 aliphatic heterocycles. The lowest BCUT2D eigenvalue weighted by molar-refractivity contribution is -0.697. The van der Waals surface area contributed by atoms with E-state index in [4.69, 9.17) is 22.4 Å². The number of carbonyl (C=O) groups is 7. The molecule has 0 aliphatic carbocycles. The summed E-state index contributed by atoms with van der Waals surface area (Å²) in [6.07, 6.45) is 13.5. The summed E-state index contributed by atoms with van der Waals surface area (Å²) in [4.78, 5) is 84.1. The second-order valence-corrected chi connectivity index (χ2v) is 16.2. The second kappa shape index (κ2) is 31.5. The van der Waals surface area contributed by atoms with Gasteiger partial charge in [-0.15, -0.1) is 0 Å². The van der Waals surface area contributed by atoms with Gasteiger partial charge in [0.25, 0.3) is 0 Å². The summed E-state index contributed by atoms with van der Waals surface area (Å²) < 4.78 is 2.12. The molecule has 2 rings (SSSR count). The smallest absolute Gasteiger partial charge is 0.326 e. The van der Waals surface area contributed by atoms with Crippen LogP contribution in [0.15, 0.2) is 48.8 Å². The number of pyridine rings is 1. The summed E-state index contributed by atoms with van der Waals surface area (Å²) in [5, 5.41) is 53.4. The lowest BCUT2D eigenvalue weighted by atomic mass is 10.1. The summed E-state index contributed by atoms with van der Waals surface area (Å²) >= 11 is 5.38. The fourth-order valence-electron chi connectivity index (χ4n) is 6.39. The van der Waals surface area contributed by atoms with Crippen molar-refractivity contribution in [1.82, 2.24) is 31.9 Å². The molecule has 3 atom stereocenters. The molecule has 358 valence electrons. The highest BCUT2D eigenvalue weighted by atomic mass is 32.1. The van der Waals surface area contributed by atoms with E-state index in [1.807, 2.05) is 14.1 Å². The summed E-state index contributed by atoms with van der Waals surface area (Å²) in [5.74, 6) is -5.64. The van der Waals surface area contributed by atoms with Crippen LogP contribution in [0.4, 0.5) is 10.5 Å². The van der Waals surface area contributed by atoms with E-state index in [2.05, 4.69) is 102 Å². The molecule has 0 aliphatic rings. The van der Waals surface area contributed by atoms with Crippen molar-refractivity contribution in [2.45, 2.75) is 121 Å². The number of amides is 4. The Hall–Kier alpha value is -6.31. The van der Waals surface area contributed by atoms with Gasteiger partial charge in [-0.2, -0.15) is 0 Å². The standard InChI is InChI=1S/C45H66N8O11S/c1-52(2)34-20-18-32(19-21-34)16-17-33-24-30-53(31-25-33)29-11-28-48-45(65)47-27-10-8-12-35(41(58)59)49-39(55)15-6-4-3-5-14-38(54)46-26-9-7-13-36(42(60)61)50-44(64)51-37(43(62)63)22-23-40(56)57/h16-21,24-25,30-31,35-37H,3-15,22-23,26-29H2,1-2H3,(H9-,46,47,48,49,50,51,54,55,56,57,58,59,60,61,62,63,64,65)/p+1. The number of unbranched alkanes of at least 4 members (excludes halogenated alkanes) is 5. The van der Waals surface area contributed by atoms with Crippen molar-refractivity contribution in [1.29, 1.82) is 0 Å². The number of aryl methyl sites for hydroxylation is 1. The van der Waals surface area contributed by atoms with Crippen molar-refractivity contribution in [3.8, 4) is 0 Å². The van der Waals surface area contributed by atoms with Crippen LogP contribution in [0.3, 0.4) is 0 Å². The van der Waals surface area contributed by atoms with E-state index in [0.29, 0.717) is 69.6 Å². The lowest BCUT2D eigenvalue weighted by Gasteiger charge is -2.18. The second-order valence-electron chi connectivity index (χ2n) is 15.8. The maximum absolute atomic E-state index is 12.4. The predicted molar refractivity (Wildman–Crippen MR) is 249 cm³/mol. The molecular weight excluding hydrogens is 861 g/mol. The van der Waals surface area contributed by atoms with Crippen LogP contribution in [0.2, 0.25) is 0 Å². The number of nitrogens with one attached hydrogen (secondary N) is 6. The number of thiocarbonyl (C=S) groups is 1. The number of aromatic nitrogens is 1. The first kappa shape index (κ1) is 54.8. The first-order valence-corrected chi connectivity index (χ1v) is 22.4. The molecule has 1 aromatic heterocycles. The number of rotatable bonds is 33. The average molecular weight is 928 g/mol. The van der Waals surface area contributed by atoms with E-state index >= 15 is 0 Å². The van der Waals surface area contributed by atoms with Crippen LogP contribution in [-0.4, -0.2) is 119 Å². The highest BCUT2D eigenvalue weighted by Crippen LogP contribution is 2.14. The van der Waals surface area contributed by atoms with Gasteiger partial charge in [0.2, 0.25) is 11.8 Å². The third kappa shape index (κ3) is 25.5. The molecule has 0 fully saturated rings. The summed E-state index contributed by atoms with van der Waals surface area (Å²) in [5.41, 5.74) is 3.42. The minimum atomic E-state index is -1.50. The summed E-state index contributed by atoms with van der Waals surface area (Å²) in [6, 6.07) is 7.69. The van der Waals surface area contributed by atoms with Crippen molar-refractivity contribution in [3.05, 3.63) is 59.9 Å². The zero-order valence-corrected chi connectivity index (χ0v) is 38.2. The van der Waals surface area contributed by atoms with Crippen LogP contribution in [-0.2, 0) is 35.3 Å². The average Bonchev–Trinajstić information content (AvgIpc) is 3.26. The Balaban J connectivity index is 1.49. The monoisotopic (exact) mass is 927 g/mol. The fourth-order valence-corrected chi connectivity index (χ4v) is 6.59. The van der Waals surface area contributed by atoms with Crippen LogP contribution in [0.5, 0.6) is 0 Å². The van der Waals surface area contributed by atoms with Gasteiger partial charge >= 0.3 is 29.9 Å². The first-order valence-electron chi connectivity index (χ1n) is 22.0. The third-order valence-corrected chi connectivity index (χ3v) is 10.5. The van der Waals surface area contributed by atoms with Gasteiger partial charge in [-0.25, -0.2) is 23.7 Å². The van der Waals surface area contributed by atoms with Gasteiger partial charge in [-0.1, -0.05) is 37.1 Å². The maximum atomic E-state index is 12.4. The van der Waals surface area contributed by atoms with Crippen molar-refractivity contribution < 1.29 is 58.6 Å². The SMILES string of the molecule is CN(C)c1ccc(C=Cc2cc[n+](CCCNC(=S)NCCCCC(NC(=O)CCCCCCC(=O)NCCCCC(NC(=O)NC(CCC(=O)O)C(=O)O)C(=O)O)C(=O)O)cc2)cc1. The van der Waals surface area contributed by atoms with Crippen molar-refractivity contribution >= 4 is 76.9 Å². The van der Waals surface area contributed by atoms with Crippen LogP contribution >= 0.6 is 12.2 Å².